The molecular formula is C48H60Br3Cl2N11S4. The molecule has 0 aromatic heterocycles. The number of benzene rings is 5. The second-order valence-electron chi connectivity index (χ2n) is 15.0. The van der Waals surface area contributed by atoms with Crippen LogP contribution in [0.15, 0.2) is 145 Å². The van der Waals surface area contributed by atoms with Gasteiger partial charge in [0.1, 0.15) is 0 Å². The number of amidine groups is 4. The topological polar surface area (TPSA) is 181 Å². The Bertz CT molecular complexity index is 2250. The highest BCUT2D eigenvalue weighted by atomic mass is 79.9. The van der Waals surface area contributed by atoms with Crippen LogP contribution in [0.4, 0.5) is 0 Å². The van der Waals surface area contributed by atoms with Gasteiger partial charge in [0.25, 0.3) is 0 Å². The van der Waals surface area contributed by atoms with Gasteiger partial charge in [-0.1, -0.05) is 180 Å². The Balaban J connectivity index is 0.000000359. The number of halogens is 5. The van der Waals surface area contributed by atoms with E-state index >= 15 is 0 Å². The maximum absolute atomic E-state index is 7.17. The van der Waals surface area contributed by atoms with Gasteiger partial charge in [-0.2, -0.15) is 0 Å². The maximum Gasteiger partial charge on any atom is 0.159 e. The minimum absolute atomic E-state index is 0. The van der Waals surface area contributed by atoms with E-state index in [2.05, 4.69) is 153 Å². The fourth-order valence-electron chi connectivity index (χ4n) is 6.49. The lowest BCUT2D eigenvalue weighted by Gasteiger charge is -2.27. The van der Waals surface area contributed by atoms with E-state index in [9.17, 15) is 0 Å². The summed E-state index contributed by atoms with van der Waals surface area (Å²) in [4.78, 5) is 14.3. The molecule has 0 bridgehead atoms. The number of hydrogen-bond donors (Lipinski definition) is 7. The zero-order valence-electron chi connectivity index (χ0n) is 37.6. The Kier molecular flexibility index (Phi) is 29.6. The molecule has 0 spiro atoms. The molecular weight excluding hydrogens is 1170 g/mol. The van der Waals surface area contributed by atoms with Crippen molar-refractivity contribution in [1.29, 1.82) is 10.8 Å². The number of thioether (sulfide) groups is 4. The fourth-order valence-corrected chi connectivity index (χ4v) is 10.8. The molecule has 5 aromatic rings. The number of rotatable bonds is 16. The standard InChI is InChI=1S/C30H34Br2N6S2.C10H14N4S2.C8H10BrN.2ClH/c31-27-9-3-5-23(15-27)11-13-37-19-33-29(34-20-37)39-17-25-7-1-2-8-26(25)18-40-30-35-21-38(22-36-30)14-12-24-6-4-10-28(32)16-24;11-9(12)15-5-7-3-1-2-4-8(7)6-16-10(13)14;9-8-3-1-2-7(6-8)4-5-10;;/h1-10,15-16H,11-14,17-22H2,(H,33,34)(H,35,36);1-4H,5-6H2,(H3,11,12)(H3,13,14);1-3,6H,4-5,10H2;2*1H. The van der Waals surface area contributed by atoms with Crippen molar-refractivity contribution in [3.05, 3.63) is 174 Å². The molecule has 0 fully saturated rings. The monoisotopic (exact) mass is 1230 g/mol. The van der Waals surface area contributed by atoms with Gasteiger partial charge >= 0.3 is 0 Å². The SMILES string of the molecule is Brc1cccc(CCN2CN=C(SCc3ccccc3CSC3=NCN(CCc4cccc(Br)c4)CN3)NC2)c1.Cl.Cl.N=C(N)SCc1ccccc1CSC(=N)N.NCCc1cccc(Br)c1. The zero-order valence-corrected chi connectivity index (χ0v) is 47.2. The molecule has 2 aliphatic rings. The number of nitrogens with one attached hydrogen (secondary N) is 4. The molecule has 0 unspecified atom stereocenters. The summed E-state index contributed by atoms with van der Waals surface area (Å²) in [6, 6.07) is 41.9. The summed E-state index contributed by atoms with van der Waals surface area (Å²) in [5.41, 5.74) is 25.0. The lowest BCUT2D eigenvalue weighted by Crippen LogP contribution is -2.42. The van der Waals surface area contributed by atoms with Crippen molar-refractivity contribution in [2.75, 3.05) is 46.3 Å². The lowest BCUT2D eigenvalue weighted by molar-refractivity contribution is 0.270. The first kappa shape index (κ1) is 59.6. The summed E-state index contributed by atoms with van der Waals surface area (Å²) >= 11 is 16.7. The molecule has 0 atom stereocenters. The van der Waals surface area contributed by atoms with E-state index in [0.717, 1.165) is 112 Å². The maximum atomic E-state index is 7.17. The average molecular weight is 1230 g/mol. The lowest BCUT2D eigenvalue weighted by atomic mass is 10.1. The van der Waals surface area contributed by atoms with Gasteiger partial charge in [0.05, 0.1) is 26.7 Å². The van der Waals surface area contributed by atoms with Crippen LogP contribution in [0.5, 0.6) is 0 Å². The van der Waals surface area contributed by atoms with Crippen molar-refractivity contribution in [3.63, 3.8) is 0 Å². The van der Waals surface area contributed by atoms with Crippen LogP contribution in [0.2, 0.25) is 0 Å². The van der Waals surface area contributed by atoms with Crippen LogP contribution in [0, 0.1) is 10.8 Å². The molecule has 0 radical (unpaired) electrons. The van der Waals surface area contributed by atoms with Crippen LogP contribution in [0.25, 0.3) is 0 Å². The number of nitrogens with zero attached hydrogens (tertiary/aromatic N) is 4. The van der Waals surface area contributed by atoms with Crippen LogP contribution in [-0.2, 0) is 42.3 Å². The minimum Gasteiger partial charge on any atom is -0.379 e. The molecule has 0 saturated heterocycles. The van der Waals surface area contributed by atoms with Crippen LogP contribution >= 0.6 is 120 Å². The predicted molar refractivity (Wildman–Crippen MR) is 313 cm³/mol. The third-order valence-electron chi connectivity index (χ3n) is 10.0. The van der Waals surface area contributed by atoms with Crippen molar-refractivity contribution >= 4 is 140 Å². The highest BCUT2D eigenvalue weighted by Gasteiger charge is 2.16. The third-order valence-corrected chi connectivity index (χ3v) is 15.0. The molecule has 10 N–H and O–H groups in total. The molecule has 2 aliphatic heterocycles. The largest absolute Gasteiger partial charge is 0.379 e. The zero-order chi connectivity index (χ0) is 46.9. The number of nitrogens with two attached hydrogens (primary N) is 3. The quantitative estimate of drug-likeness (QED) is 0.0369. The molecule has 68 heavy (non-hydrogen) atoms. The second kappa shape index (κ2) is 33.8. The Morgan fingerprint density at radius 2 is 0.882 bits per heavy atom. The van der Waals surface area contributed by atoms with Crippen LogP contribution in [0.1, 0.15) is 38.9 Å². The Morgan fingerprint density at radius 1 is 0.529 bits per heavy atom. The van der Waals surface area contributed by atoms with Crippen LogP contribution < -0.4 is 27.8 Å². The van der Waals surface area contributed by atoms with Gasteiger partial charge in [-0.3, -0.25) is 20.6 Å². The van der Waals surface area contributed by atoms with E-state index in [1.54, 1.807) is 23.5 Å². The molecule has 11 nitrogen and oxygen atoms in total. The van der Waals surface area contributed by atoms with Crippen LogP contribution in [0.3, 0.4) is 0 Å². The van der Waals surface area contributed by atoms with Gasteiger partial charge in [0.2, 0.25) is 0 Å². The molecule has 20 heteroatoms. The summed E-state index contributed by atoms with van der Waals surface area (Å²) < 4.78 is 3.39. The summed E-state index contributed by atoms with van der Waals surface area (Å²) in [6.45, 7) is 5.86. The van der Waals surface area contributed by atoms with Crippen molar-refractivity contribution in [1.82, 2.24) is 20.4 Å². The van der Waals surface area contributed by atoms with Gasteiger partial charge in [-0.15, -0.1) is 24.8 Å². The fraction of sp³-hybridized carbons (Fsp3) is 0.292. The first-order chi connectivity index (χ1) is 32.0. The van der Waals surface area contributed by atoms with Gasteiger partial charge in [-0.05, 0) is 101 Å². The first-order valence-electron chi connectivity index (χ1n) is 21.3. The Hall–Kier alpha value is -2.72. The van der Waals surface area contributed by atoms with E-state index in [1.807, 2.05) is 36.4 Å². The number of aliphatic imine (C=N–C) groups is 2. The van der Waals surface area contributed by atoms with E-state index < -0.39 is 0 Å². The van der Waals surface area contributed by atoms with Crippen molar-refractivity contribution in [2.45, 2.75) is 42.3 Å². The highest BCUT2D eigenvalue weighted by Crippen LogP contribution is 2.24. The average Bonchev–Trinajstić information content (AvgIpc) is 3.32. The highest BCUT2D eigenvalue weighted by molar-refractivity contribution is 9.11. The molecule has 366 valence electrons. The number of hydrogen-bond acceptors (Lipinski definition) is 13. The van der Waals surface area contributed by atoms with Gasteiger partial charge in [0, 0.05) is 49.5 Å². The molecule has 0 saturated carbocycles. The van der Waals surface area contributed by atoms with Crippen LogP contribution in [-0.4, -0.2) is 76.8 Å². The van der Waals surface area contributed by atoms with E-state index in [0.29, 0.717) is 11.5 Å². The van der Waals surface area contributed by atoms with Crippen molar-refractivity contribution < 1.29 is 0 Å². The summed E-state index contributed by atoms with van der Waals surface area (Å²) in [7, 11) is 0. The third kappa shape index (κ3) is 23.5. The van der Waals surface area contributed by atoms with Gasteiger partial charge in [0.15, 0.2) is 20.7 Å². The predicted octanol–water partition coefficient (Wildman–Crippen LogP) is 11.2. The minimum atomic E-state index is 0. The van der Waals surface area contributed by atoms with E-state index in [1.165, 1.54) is 51.3 Å². The van der Waals surface area contributed by atoms with Crippen molar-refractivity contribution in [2.24, 2.45) is 27.2 Å². The van der Waals surface area contributed by atoms with E-state index in [-0.39, 0.29) is 35.1 Å². The molecule has 2 heterocycles. The van der Waals surface area contributed by atoms with E-state index in [4.69, 9.17) is 38.0 Å². The summed E-state index contributed by atoms with van der Waals surface area (Å²) in [5, 5.41) is 23.6. The molecule has 0 amide bonds. The normalized spacial score (nSPS) is 13.3. The Labute approximate surface area is 456 Å². The Morgan fingerprint density at radius 3 is 1.19 bits per heavy atom. The first-order valence-corrected chi connectivity index (χ1v) is 27.6. The molecule has 5 aromatic carbocycles. The molecule has 7 rings (SSSR count). The summed E-state index contributed by atoms with van der Waals surface area (Å²) in [6.07, 6.45) is 3.00. The molecule has 0 aliphatic carbocycles. The van der Waals surface area contributed by atoms with Gasteiger partial charge in [-0.25, -0.2) is 9.98 Å². The second-order valence-corrected chi connectivity index (χ2v) is 21.7. The smallest absolute Gasteiger partial charge is 0.159 e. The van der Waals surface area contributed by atoms with Gasteiger partial charge < -0.3 is 27.8 Å². The summed E-state index contributed by atoms with van der Waals surface area (Å²) in [5.74, 6) is 3.18. The van der Waals surface area contributed by atoms with Crippen molar-refractivity contribution in [3.8, 4) is 0 Å².